The van der Waals surface area contributed by atoms with Gasteiger partial charge in [0.1, 0.15) is 0 Å². The third-order valence-electron chi connectivity index (χ3n) is 3.47. The maximum Gasteiger partial charge on any atom is 0.308 e. The lowest BCUT2D eigenvalue weighted by Crippen LogP contribution is -2.28. The van der Waals surface area contributed by atoms with Crippen LogP contribution in [-0.4, -0.2) is 45.7 Å². The summed E-state index contributed by atoms with van der Waals surface area (Å²) in [5.74, 6) is 0.154. The van der Waals surface area contributed by atoms with Crippen molar-refractivity contribution in [2.75, 3.05) is 25.2 Å². The van der Waals surface area contributed by atoms with Crippen LogP contribution in [0, 0.1) is 5.92 Å². The predicted octanol–water partition coefficient (Wildman–Crippen LogP) is 1.56. The average Bonchev–Trinajstić information content (AvgIpc) is 2.38. The molecule has 0 saturated heterocycles. The largest absolute Gasteiger partial charge is 0.469 e. The first-order chi connectivity index (χ1) is 8.98. The van der Waals surface area contributed by atoms with E-state index in [1.165, 1.54) is 7.11 Å². The highest BCUT2D eigenvalue weighted by Gasteiger charge is 2.27. The Hall–Kier alpha value is -0.620. The van der Waals surface area contributed by atoms with Crippen LogP contribution in [0.25, 0.3) is 0 Å². The van der Waals surface area contributed by atoms with Crippen molar-refractivity contribution in [1.82, 2.24) is 0 Å². The lowest BCUT2D eigenvalue weighted by molar-refractivity contribution is -0.147. The van der Waals surface area contributed by atoms with E-state index >= 15 is 0 Å². The summed E-state index contributed by atoms with van der Waals surface area (Å²) in [6.45, 7) is 2.11. The van der Waals surface area contributed by atoms with Crippen LogP contribution in [0.4, 0.5) is 0 Å². The smallest absolute Gasteiger partial charge is 0.308 e. The molecule has 5 nitrogen and oxygen atoms in total. The molecule has 0 N–H and O–H groups in total. The zero-order valence-corrected chi connectivity index (χ0v) is 12.6. The normalized spacial score (nSPS) is 24.1. The van der Waals surface area contributed by atoms with E-state index in [1.807, 2.05) is 6.92 Å². The van der Waals surface area contributed by atoms with Gasteiger partial charge in [0.25, 0.3) is 0 Å². The van der Waals surface area contributed by atoms with Crippen molar-refractivity contribution < 1.29 is 22.7 Å². The Labute approximate surface area is 115 Å². The van der Waals surface area contributed by atoms with E-state index in [-0.39, 0.29) is 36.1 Å². The molecule has 0 spiro atoms. The Morgan fingerprint density at radius 1 is 1.16 bits per heavy atom. The van der Waals surface area contributed by atoms with E-state index in [9.17, 15) is 13.2 Å². The van der Waals surface area contributed by atoms with Gasteiger partial charge in [-0.3, -0.25) is 4.79 Å². The van der Waals surface area contributed by atoms with Gasteiger partial charge in [0.05, 0.1) is 31.5 Å². The fraction of sp³-hybridized carbons (Fsp3) is 0.923. The summed E-state index contributed by atoms with van der Waals surface area (Å²) in [6, 6.07) is 0. The van der Waals surface area contributed by atoms with E-state index in [2.05, 4.69) is 0 Å². The molecule has 0 unspecified atom stereocenters. The quantitative estimate of drug-likeness (QED) is 0.666. The molecule has 112 valence electrons. The fourth-order valence-corrected chi connectivity index (χ4v) is 3.56. The second-order valence-electron chi connectivity index (χ2n) is 5.02. The van der Waals surface area contributed by atoms with Crippen LogP contribution in [0.2, 0.25) is 0 Å². The van der Waals surface area contributed by atoms with Crippen LogP contribution >= 0.6 is 0 Å². The van der Waals surface area contributed by atoms with Crippen LogP contribution in [0.15, 0.2) is 0 Å². The van der Waals surface area contributed by atoms with Crippen molar-refractivity contribution in [2.45, 2.75) is 45.1 Å². The summed E-state index contributed by atoms with van der Waals surface area (Å²) in [7, 11) is -1.55. The average molecular weight is 292 g/mol. The monoisotopic (exact) mass is 292 g/mol. The predicted molar refractivity (Wildman–Crippen MR) is 72.7 cm³/mol. The Morgan fingerprint density at radius 2 is 1.79 bits per heavy atom. The summed E-state index contributed by atoms with van der Waals surface area (Å²) < 4.78 is 33.3. The van der Waals surface area contributed by atoms with Gasteiger partial charge >= 0.3 is 5.97 Å². The van der Waals surface area contributed by atoms with Gasteiger partial charge in [-0.15, -0.1) is 0 Å². The molecule has 1 fully saturated rings. The molecule has 1 saturated carbocycles. The molecule has 1 aliphatic carbocycles. The molecule has 0 atom stereocenters. The molecular formula is C13H24O5S. The number of hydrogen-bond acceptors (Lipinski definition) is 5. The van der Waals surface area contributed by atoms with Gasteiger partial charge in [0.2, 0.25) is 0 Å². The summed E-state index contributed by atoms with van der Waals surface area (Å²) in [4.78, 5) is 11.3. The zero-order valence-electron chi connectivity index (χ0n) is 11.8. The van der Waals surface area contributed by atoms with Crippen LogP contribution in [0.1, 0.15) is 39.0 Å². The minimum Gasteiger partial charge on any atom is -0.469 e. The fourth-order valence-electron chi connectivity index (χ4n) is 2.39. The van der Waals surface area contributed by atoms with Crippen molar-refractivity contribution in [3.8, 4) is 0 Å². The number of hydrogen-bond donors (Lipinski definition) is 0. The highest BCUT2D eigenvalue weighted by atomic mass is 32.2. The highest BCUT2D eigenvalue weighted by molar-refractivity contribution is 7.91. The second-order valence-corrected chi connectivity index (χ2v) is 7.32. The number of carbonyl (C=O) groups excluding carboxylic acids is 1. The first kappa shape index (κ1) is 16.4. The molecule has 1 aliphatic rings. The van der Waals surface area contributed by atoms with Crippen molar-refractivity contribution >= 4 is 15.8 Å². The molecule has 0 bridgehead atoms. The molecule has 19 heavy (non-hydrogen) atoms. The van der Waals surface area contributed by atoms with E-state index < -0.39 is 9.84 Å². The second kappa shape index (κ2) is 7.85. The number of carbonyl (C=O) groups is 1. The van der Waals surface area contributed by atoms with Crippen molar-refractivity contribution in [1.29, 1.82) is 0 Å². The Balaban J connectivity index is 2.21. The standard InChI is InChI=1S/C13H24O5S/c1-3-9-19(15,16)10-8-18-12-6-4-11(5-7-12)13(14)17-2/h11-12H,3-10H2,1-2H3. The molecule has 6 heteroatoms. The van der Waals surface area contributed by atoms with Crippen LogP contribution in [0.5, 0.6) is 0 Å². The molecule has 0 aromatic rings. The third kappa shape index (κ3) is 5.91. The molecule has 0 amide bonds. The molecule has 0 aromatic heterocycles. The summed E-state index contributed by atoms with van der Waals surface area (Å²) in [5, 5.41) is 0. The zero-order chi connectivity index (χ0) is 14.3. The van der Waals surface area contributed by atoms with Gasteiger partial charge in [-0.2, -0.15) is 0 Å². The first-order valence-corrected chi connectivity index (χ1v) is 8.70. The summed E-state index contributed by atoms with van der Waals surface area (Å²) in [5.41, 5.74) is 0. The lowest BCUT2D eigenvalue weighted by Gasteiger charge is -2.26. The topological polar surface area (TPSA) is 69.7 Å². The van der Waals surface area contributed by atoms with E-state index in [0.717, 1.165) is 25.7 Å². The van der Waals surface area contributed by atoms with E-state index in [0.29, 0.717) is 6.42 Å². The molecule has 0 aromatic carbocycles. The number of methoxy groups -OCH3 is 1. The van der Waals surface area contributed by atoms with Gasteiger partial charge in [-0.05, 0) is 32.1 Å². The van der Waals surface area contributed by atoms with Crippen LogP contribution in [0.3, 0.4) is 0 Å². The minimum atomic E-state index is -2.96. The summed E-state index contributed by atoms with van der Waals surface area (Å²) >= 11 is 0. The van der Waals surface area contributed by atoms with Gasteiger partial charge < -0.3 is 9.47 Å². The maximum absolute atomic E-state index is 11.5. The van der Waals surface area contributed by atoms with Gasteiger partial charge in [-0.1, -0.05) is 6.92 Å². The lowest BCUT2D eigenvalue weighted by atomic mass is 9.87. The van der Waals surface area contributed by atoms with Crippen molar-refractivity contribution in [2.24, 2.45) is 5.92 Å². The number of ether oxygens (including phenoxy) is 2. The van der Waals surface area contributed by atoms with Crippen LogP contribution < -0.4 is 0 Å². The van der Waals surface area contributed by atoms with Crippen LogP contribution in [-0.2, 0) is 24.1 Å². The highest BCUT2D eigenvalue weighted by Crippen LogP contribution is 2.27. The number of rotatable bonds is 7. The number of sulfone groups is 1. The van der Waals surface area contributed by atoms with Crippen molar-refractivity contribution in [3.63, 3.8) is 0 Å². The first-order valence-electron chi connectivity index (χ1n) is 6.88. The summed E-state index contributed by atoms with van der Waals surface area (Å²) in [6.07, 6.45) is 3.85. The van der Waals surface area contributed by atoms with E-state index in [1.54, 1.807) is 0 Å². The van der Waals surface area contributed by atoms with Gasteiger partial charge in [0.15, 0.2) is 9.84 Å². The SMILES string of the molecule is CCCS(=O)(=O)CCOC1CCC(C(=O)OC)CC1. The van der Waals surface area contributed by atoms with Crippen molar-refractivity contribution in [3.05, 3.63) is 0 Å². The molecule has 0 radical (unpaired) electrons. The Morgan fingerprint density at radius 3 is 2.32 bits per heavy atom. The Kier molecular flexibility index (Phi) is 6.79. The Bertz CT molecular complexity index is 368. The van der Waals surface area contributed by atoms with E-state index in [4.69, 9.17) is 9.47 Å². The number of esters is 1. The van der Waals surface area contributed by atoms with Gasteiger partial charge in [0, 0.05) is 5.75 Å². The molecular weight excluding hydrogens is 268 g/mol. The maximum atomic E-state index is 11.5. The molecule has 0 heterocycles. The molecule has 0 aliphatic heterocycles. The third-order valence-corrected chi connectivity index (χ3v) is 5.29. The minimum absolute atomic E-state index is 0.0197. The van der Waals surface area contributed by atoms with Gasteiger partial charge in [-0.25, -0.2) is 8.42 Å². The molecule has 1 rings (SSSR count).